The summed E-state index contributed by atoms with van der Waals surface area (Å²) in [5.41, 5.74) is 0. The van der Waals surface area contributed by atoms with E-state index >= 15 is 0 Å². The van der Waals surface area contributed by atoms with Crippen molar-refractivity contribution in [2.75, 3.05) is 12.3 Å². The molecule has 8 heteroatoms. The maximum absolute atomic E-state index is 9.48. The van der Waals surface area contributed by atoms with Crippen molar-refractivity contribution in [3.63, 3.8) is 0 Å². The number of hydrogen-bond donors (Lipinski definition) is 6. The normalized spacial score (nSPS) is 13.9. The van der Waals surface area contributed by atoms with E-state index in [-0.39, 0.29) is 12.3 Å². The summed E-state index contributed by atoms with van der Waals surface area (Å²) in [5.74, 6) is 0. The standard InChI is InChI=1S/C8H21O3P.H3O3P/c1-3-5-7-12(9,10,11)8-6-4-2;1-4(2)3/h9-11H,3-8H2,1-2H3;1-3H. The summed E-state index contributed by atoms with van der Waals surface area (Å²) in [6.07, 6.45) is 3.47. The van der Waals surface area contributed by atoms with Crippen LogP contribution in [-0.2, 0) is 0 Å². The van der Waals surface area contributed by atoms with E-state index in [1.807, 2.05) is 13.8 Å². The molecule has 0 amide bonds. The maximum Gasteiger partial charge on any atom is 0.324 e. The maximum atomic E-state index is 9.48. The zero-order valence-corrected chi connectivity index (χ0v) is 11.6. The fourth-order valence-corrected chi connectivity index (χ4v) is 3.23. The molecule has 6 N–H and O–H groups in total. The molecule has 0 heterocycles. The zero-order chi connectivity index (χ0) is 13.3. The van der Waals surface area contributed by atoms with Gasteiger partial charge >= 0.3 is 82.4 Å². The summed E-state index contributed by atoms with van der Waals surface area (Å²) in [6.45, 7) is 3.93. The van der Waals surface area contributed by atoms with Gasteiger partial charge in [-0.05, 0) is 0 Å². The first kappa shape index (κ1) is 19.0. The minimum absolute atomic E-state index is 0.169. The molecule has 0 aliphatic rings. The Morgan fingerprint density at radius 1 is 0.812 bits per heavy atom. The molecular formula is C8H24O6P2. The Morgan fingerprint density at radius 2 is 1.06 bits per heavy atom. The molecule has 0 saturated heterocycles. The third-order valence-electron chi connectivity index (χ3n) is 1.94. The molecule has 0 bridgehead atoms. The first-order valence-corrected chi connectivity index (χ1v) is 8.91. The molecule has 0 unspecified atom stereocenters. The van der Waals surface area contributed by atoms with E-state index < -0.39 is 15.9 Å². The molecule has 6 nitrogen and oxygen atoms in total. The molecule has 0 aliphatic carbocycles. The SMILES string of the molecule is CCCCP(O)(O)(O)CCCC.OP(O)O. The van der Waals surface area contributed by atoms with Crippen LogP contribution in [0.15, 0.2) is 0 Å². The Labute approximate surface area is 97.8 Å². The van der Waals surface area contributed by atoms with Crippen LogP contribution in [0.5, 0.6) is 0 Å². The van der Waals surface area contributed by atoms with Gasteiger partial charge in [0.2, 0.25) is 0 Å². The fraction of sp³-hybridized carbons (Fsp3) is 1.00. The first-order chi connectivity index (χ1) is 7.12. The molecule has 0 radical (unpaired) electrons. The number of unbranched alkanes of at least 4 members (excludes halogenated alkanes) is 2. The van der Waals surface area contributed by atoms with Crippen LogP contribution in [0.1, 0.15) is 39.5 Å². The van der Waals surface area contributed by atoms with Gasteiger partial charge in [-0.2, -0.15) is 0 Å². The van der Waals surface area contributed by atoms with Crippen LogP contribution in [-0.4, -0.2) is 41.7 Å². The summed E-state index contributed by atoms with van der Waals surface area (Å²) in [6, 6.07) is 0. The molecule has 0 aromatic carbocycles. The molecule has 0 rings (SSSR count). The van der Waals surface area contributed by atoms with Crippen molar-refractivity contribution >= 4 is 15.9 Å². The van der Waals surface area contributed by atoms with Gasteiger partial charge < -0.3 is 14.7 Å². The van der Waals surface area contributed by atoms with Gasteiger partial charge in [-0.15, -0.1) is 0 Å². The van der Waals surface area contributed by atoms with E-state index in [1.165, 1.54) is 0 Å². The van der Waals surface area contributed by atoms with Gasteiger partial charge in [0.1, 0.15) is 0 Å². The van der Waals surface area contributed by atoms with Crippen molar-refractivity contribution in [2.24, 2.45) is 0 Å². The quantitative estimate of drug-likeness (QED) is 0.404. The molecule has 0 spiro atoms. The van der Waals surface area contributed by atoms with Crippen LogP contribution < -0.4 is 0 Å². The summed E-state index contributed by atoms with van der Waals surface area (Å²) >= 11 is 0. The van der Waals surface area contributed by atoms with Gasteiger partial charge in [-0.25, -0.2) is 0 Å². The van der Waals surface area contributed by atoms with Crippen molar-refractivity contribution < 1.29 is 29.4 Å². The summed E-state index contributed by atoms with van der Waals surface area (Å²) in [5, 5.41) is 0. The van der Waals surface area contributed by atoms with E-state index in [1.54, 1.807) is 0 Å². The number of rotatable bonds is 6. The molecule has 0 fully saturated rings. The second-order valence-corrected chi connectivity index (χ2v) is 7.88. The van der Waals surface area contributed by atoms with Crippen LogP contribution in [0, 0.1) is 0 Å². The van der Waals surface area contributed by atoms with Crippen LogP contribution in [0.4, 0.5) is 0 Å². The Balaban J connectivity index is 0. The summed E-state index contributed by atoms with van der Waals surface area (Å²) in [4.78, 5) is 50.1. The van der Waals surface area contributed by atoms with E-state index in [4.69, 9.17) is 14.7 Å². The Hall–Kier alpha value is 0.620. The van der Waals surface area contributed by atoms with Gasteiger partial charge in [0.05, 0.1) is 0 Å². The van der Waals surface area contributed by atoms with Crippen molar-refractivity contribution in [3.8, 4) is 0 Å². The van der Waals surface area contributed by atoms with Gasteiger partial charge in [0.25, 0.3) is 0 Å². The van der Waals surface area contributed by atoms with Crippen molar-refractivity contribution in [1.29, 1.82) is 0 Å². The summed E-state index contributed by atoms with van der Waals surface area (Å²) in [7, 11) is -6.83. The largest absolute Gasteiger partial charge is 0.328 e. The van der Waals surface area contributed by atoms with Gasteiger partial charge in [0.15, 0.2) is 0 Å². The van der Waals surface area contributed by atoms with E-state index in [0.29, 0.717) is 12.8 Å². The fourth-order valence-electron chi connectivity index (χ4n) is 1.08. The van der Waals surface area contributed by atoms with Crippen LogP contribution >= 0.6 is 15.9 Å². The number of hydrogen-bond acceptors (Lipinski definition) is 6. The minimum Gasteiger partial charge on any atom is -0.328 e. The predicted molar refractivity (Wildman–Crippen MR) is 66.7 cm³/mol. The molecule has 0 aromatic rings. The molecule has 0 saturated carbocycles. The van der Waals surface area contributed by atoms with Crippen LogP contribution in [0.2, 0.25) is 0 Å². The molecular weight excluding hydrogens is 254 g/mol. The summed E-state index contributed by atoms with van der Waals surface area (Å²) < 4.78 is 0. The Morgan fingerprint density at radius 3 is 1.25 bits per heavy atom. The van der Waals surface area contributed by atoms with Gasteiger partial charge in [-0.1, -0.05) is 0 Å². The Bertz CT molecular complexity index is 153. The predicted octanol–water partition coefficient (Wildman–Crippen LogP) is 1.05. The van der Waals surface area contributed by atoms with Crippen molar-refractivity contribution in [2.45, 2.75) is 39.5 Å². The van der Waals surface area contributed by atoms with Gasteiger partial charge in [-0.3, -0.25) is 0 Å². The molecule has 0 aromatic heterocycles. The van der Waals surface area contributed by atoms with E-state index in [2.05, 4.69) is 0 Å². The average Bonchev–Trinajstić information content (AvgIpc) is 2.11. The average molecular weight is 278 g/mol. The second kappa shape index (κ2) is 8.67. The van der Waals surface area contributed by atoms with Crippen molar-refractivity contribution in [1.82, 2.24) is 0 Å². The molecule has 16 heavy (non-hydrogen) atoms. The second-order valence-electron chi connectivity index (χ2n) is 3.76. The van der Waals surface area contributed by atoms with E-state index in [9.17, 15) is 14.7 Å². The van der Waals surface area contributed by atoms with Crippen molar-refractivity contribution in [3.05, 3.63) is 0 Å². The third kappa shape index (κ3) is 17.0. The van der Waals surface area contributed by atoms with E-state index in [0.717, 1.165) is 12.8 Å². The van der Waals surface area contributed by atoms with Crippen LogP contribution in [0.3, 0.4) is 0 Å². The van der Waals surface area contributed by atoms with Gasteiger partial charge in [0, 0.05) is 0 Å². The zero-order valence-electron chi connectivity index (χ0n) is 9.82. The third-order valence-corrected chi connectivity index (χ3v) is 4.40. The minimum atomic E-state index is -4.21. The Kier molecular flexibility index (Phi) is 10.3. The van der Waals surface area contributed by atoms with Crippen LogP contribution in [0.25, 0.3) is 0 Å². The monoisotopic (exact) mass is 278 g/mol. The topological polar surface area (TPSA) is 121 Å². The molecule has 102 valence electrons. The molecule has 0 atom stereocenters. The first-order valence-electron chi connectivity index (χ1n) is 5.25. The molecule has 0 aliphatic heterocycles. The smallest absolute Gasteiger partial charge is 0.324 e.